The number of carboxylic acid groups (broad SMARTS) is 1. The van der Waals surface area contributed by atoms with Crippen molar-refractivity contribution in [1.82, 2.24) is 4.98 Å². The molecule has 0 saturated carbocycles. The molecule has 0 bridgehead atoms. The average Bonchev–Trinajstić information content (AvgIpc) is 2.66. The van der Waals surface area contributed by atoms with Crippen molar-refractivity contribution in [2.45, 2.75) is 6.18 Å². The van der Waals surface area contributed by atoms with E-state index in [1.807, 2.05) is 0 Å². The summed E-state index contributed by atoms with van der Waals surface area (Å²) in [4.78, 5) is 15.2. The molecule has 4 nitrogen and oxygen atoms in total. The van der Waals surface area contributed by atoms with E-state index in [2.05, 4.69) is 20.9 Å². The van der Waals surface area contributed by atoms with Crippen molar-refractivity contribution in [2.75, 3.05) is 6.61 Å². The van der Waals surface area contributed by atoms with Crippen molar-refractivity contribution >= 4 is 21.9 Å². The van der Waals surface area contributed by atoms with E-state index in [0.29, 0.717) is 26.9 Å². The smallest absolute Gasteiger partial charge is 0.543 e. The Bertz CT molecular complexity index is 1030. The summed E-state index contributed by atoms with van der Waals surface area (Å²) in [5.74, 6) is -1.37. The van der Waals surface area contributed by atoms with Gasteiger partial charge in [0.25, 0.3) is 0 Å². The fourth-order valence-corrected chi connectivity index (χ4v) is 3.00. The molecule has 0 radical (unpaired) electrons. The number of carbonyl (C=O) groups is 1. The fourth-order valence-electron chi connectivity index (χ4n) is 2.64. The van der Waals surface area contributed by atoms with Gasteiger partial charge in [0.05, 0.1) is 17.4 Å². The van der Waals surface area contributed by atoms with Crippen molar-refractivity contribution in [3.05, 3.63) is 70.8 Å². The molecule has 0 atom stereocenters. The third-order valence-electron chi connectivity index (χ3n) is 3.78. The van der Waals surface area contributed by atoms with Gasteiger partial charge in [0, 0.05) is 15.6 Å². The first-order valence-electron chi connectivity index (χ1n) is 8.02. The minimum absolute atomic E-state index is 0. The Morgan fingerprint density at radius 2 is 1.69 bits per heavy atom. The zero-order valence-electron chi connectivity index (χ0n) is 15.2. The summed E-state index contributed by atoms with van der Waals surface area (Å²) in [6.45, 7) is -1.43. The number of aromatic nitrogens is 1. The molecule has 0 fully saturated rings. The molecule has 0 amide bonds. The van der Waals surface area contributed by atoms with Crippen LogP contribution in [-0.4, -0.2) is 23.7 Å². The Hall–Kier alpha value is -1.87. The molecule has 0 spiro atoms. The molecule has 1 aromatic heterocycles. The number of benzene rings is 2. The van der Waals surface area contributed by atoms with Gasteiger partial charge in [-0.15, -0.1) is 0 Å². The van der Waals surface area contributed by atoms with Crippen LogP contribution in [0.1, 0.15) is 10.5 Å². The molecule has 2 aromatic carbocycles. The zero-order valence-corrected chi connectivity index (χ0v) is 18.8. The SMILES string of the molecule is O=C([O-])c1cccc(-c2ccccc2-c2cc(Br)ccc2OCC(F)(F)F)n1.[Na+]. The second kappa shape index (κ2) is 9.75. The molecule has 0 unspecified atom stereocenters. The first-order valence-corrected chi connectivity index (χ1v) is 8.81. The summed E-state index contributed by atoms with van der Waals surface area (Å²) in [5, 5.41) is 11.1. The summed E-state index contributed by atoms with van der Waals surface area (Å²) in [5.41, 5.74) is 1.61. The van der Waals surface area contributed by atoms with Crippen LogP contribution < -0.4 is 39.4 Å². The molecule has 0 aliphatic heterocycles. The largest absolute Gasteiger partial charge is 1.00 e. The van der Waals surface area contributed by atoms with Crippen LogP contribution in [0.15, 0.2) is 65.1 Å². The zero-order chi connectivity index (χ0) is 20.3. The van der Waals surface area contributed by atoms with Crippen LogP contribution >= 0.6 is 15.9 Å². The Morgan fingerprint density at radius 1 is 1.00 bits per heavy atom. The fraction of sp³-hybridized carbons (Fsp3) is 0.100. The number of ether oxygens (including phenoxy) is 1. The van der Waals surface area contributed by atoms with Crippen LogP contribution in [0.2, 0.25) is 0 Å². The Balaban J connectivity index is 0.00000300. The number of nitrogens with zero attached hydrogens (tertiary/aromatic N) is 1. The molecule has 0 aliphatic rings. The number of rotatable bonds is 5. The van der Waals surface area contributed by atoms with Gasteiger partial charge in [0.1, 0.15) is 5.75 Å². The molecular formula is C20H12BrF3NNaO3. The minimum Gasteiger partial charge on any atom is -0.543 e. The predicted molar refractivity (Wildman–Crippen MR) is 98.7 cm³/mol. The van der Waals surface area contributed by atoms with Crippen molar-refractivity contribution in [2.24, 2.45) is 0 Å². The number of hydrogen-bond acceptors (Lipinski definition) is 4. The summed E-state index contributed by atoms with van der Waals surface area (Å²) < 4.78 is 43.5. The third-order valence-corrected chi connectivity index (χ3v) is 4.28. The summed E-state index contributed by atoms with van der Waals surface area (Å²) in [6.07, 6.45) is -4.48. The molecule has 0 N–H and O–H groups in total. The van der Waals surface area contributed by atoms with Gasteiger partial charge in [-0.25, -0.2) is 4.98 Å². The van der Waals surface area contributed by atoms with Crippen molar-refractivity contribution in [3.8, 4) is 28.1 Å². The van der Waals surface area contributed by atoms with Gasteiger partial charge < -0.3 is 14.6 Å². The van der Waals surface area contributed by atoms with Crippen LogP contribution in [0.4, 0.5) is 13.2 Å². The molecule has 1 heterocycles. The van der Waals surface area contributed by atoms with Crippen LogP contribution in [0, 0.1) is 0 Å². The topological polar surface area (TPSA) is 62.2 Å². The summed E-state index contributed by atoms with van der Waals surface area (Å²) >= 11 is 3.32. The van der Waals surface area contributed by atoms with Gasteiger partial charge in [0.2, 0.25) is 0 Å². The van der Waals surface area contributed by atoms with Crippen LogP contribution in [0.3, 0.4) is 0 Å². The number of carbonyl (C=O) groups excluding carboxylic acids is 1. The molecule has 0 saturated heterocycles. The van der Waals surface area contributed by atoms with Crippen LogP contribution in [-0.2, 0) is 0 Å². The summed E-state index contributed by atoms with van der Waals surface area (Å²) in [7, 11) is 0. The Morgan fingerprint density at radius 3 is 2.34 bits per heavy atom. The van der Waals surface area contributed by atoms with Crippen molar-refractivity contribution in [3.63, 3.8) is 0 Å². The molecule has 0 aliphatic carbocycles. The summed E-state index contributed by atoms with van der Waals surface area (Å²) in [6, 6.07) is 15.9. The Labute approximate surface area is 195 Å². The van der Waals surface area contributed by atoms with Crippen LogP contribution in [0.5, 0.6) is 5.75 Å². The normalized spacial score (nSPS) is 10.9. The van der Waals surface area contributed by atoms with E-state index in [4.69, 9.17) is 4.74 Å². The van der Waals surface area contributed by atoms with Gasteiger partial charge >= 0.3 is 35.7 Å². The van der Waals surface area contributed by atoms with E-state index >= 15 is 0 Å². The van der Waals surface area contributed by atoms with E-state index in [1.165, 1.54) is 18.2 Å². The van der Waals surface area contributed by atoms with Gasteiger partial charge in [-0.3, -0.25) is 0 Å². The van der Waals surface area contributed by atoms with E-state index in [0.717, 1.165) is 0 Å². The van der Waals surface area contributed by atoms with E-state index in [9.17, 15) is 23.1 Å². The third kappa shape index (κ3) is 6.05. The molecule has 3 rings (SSSR count). The quantitative estimate of drug-likeness (QED) is 0.526. The second-order valence-corrected chi connectivity index (χ2v) is 6.70. The minimum atomic E-state index is -4.48. The van der Waals surface area contributed by atoms with Gasteiger partial charge in [-0.05, 0) is 35.9 Å². The maximum atomic E-state index is 12.6. The van der Waals surface area contributed by atoms with E-state index in [-0.39, 0.29) is 41.0 Å². The monoisotopic (exact) mass is 473 g/mol. The van der Waals surface area contributed by atoms with E-state index < -0.39 is 18.8 Å². The molecular weight excluding hydrogens is 462 g/mol. The van der Waals surface area contributed by atoms with E-state index in [1.54, 1.807) is 42.5 Å². The number of pyridine rings is 1. The molecule has 3 aromatic rings. The Kier molecular flexibility index (Phi) is 7.87. The van der Waals surface area contributed by atoms with Gasteiger partial charge in [-0.2, -0.15) is 13.2 Å². The second-order valence-electron chi connectivity index (χ2n) is 5.79. The van der Waals surface area contributed by atoms with Crippen LogP contribution in [0.25, 0.3) is 22.4 Å². The van der Waals surface area contributed by atoms with Gasteiger partial charge in [0.15, 0.2) is 6.61 Å². The molecule has 9 heteroatoms. The number of hydrogen-bond donors (Lipinski definition) is 0. The van der Waals surface area contributed by atoms with Gasteiger partial charge in [-0.1, -0.05) is 46.3 Å². The molecule has 29 heavy (non-hydrogen) atoms. The predicted octanol–water partition coefficient (Wildman–Crippen LogP) is 1.49. The number of aromatic carboxylic acids is 1. The van der Waals surface area contributed by atoms with Crippen molar-refractivity contribution < 1.29 is 57.4 Å². The number of alkyl halides is 3. The maximum absolute atomic E-state index is 12.6. The average molecular weight is 474 g/mol. The first-order chi connectivity index (χ1) is 13.2. The standard InChI is InChI=1S/C20H13BrF3NO3.Na/c21-12-8-9-18(28-11-20(22,23)24)15(10-12)13-4-1-2-5-14(13)16-6-3-7-17(25-16)19(26)27;/h1-10H,11H2,(H,26,27);/q;+1/p-1. The first kappa shape index (κ1) is 23.4. The number of carboxylic acids is 1. The maximum Gasteiger partial charge on any atom is 1.00 e. The van der Waals surface area contributed by atoms with Crippen molar-refractivity contribution in [1.29, 1.82) is 0 Å². The molecule has 144 valence electrons. The number of halogens is 4.